The summed E-state index contributed by atoms with van der Waals surface area (Å²) in [6.07, 6.45) is 5.06. The molecule has 0 bridgehead atoms. The van der Waals surface area contributed by atoms with Crippen molar-refractivity contribution in [3.8, 4) is 0 Å². The summed E-state index contributed by atoms with van der Waals surface area (Å²) >= 11 is 0. The van der Waals surface area contributed by atoms with Crippen molar-refractivity contribution in [1.82, 2.24) is 4.40 Å². The van der Waals surface area contributed by atoms with Crippen LogP contribution in [0.1, 0.15) is 31.9 Å². The van der Waals surface area contributed by atoms with E-state index < -0.39 is 0 Å². The summed E-state index contributed by atoms with van der Waals surface area (Å²) in [7, 11) is 0. The quantitative estimate of drug-likeness (QED) is 0.573. The summed E-state index contributed by atoms with van der Waals surface area (Å²) in [6, 6.07) is 17.6. The molecule has 3 aromatic rings. The Balaban J connectivity index is 2.12. The van der Waals surface area contributed by atoms with Gasteiger partial charge in [-0.25, -0.2) is 0 Å². The number of unbranched alkanes of at least 4 members (excludes halogenated alkanes) is 2. The number of para-hydroxylation sites is 1. The van der Waals surface area contributed by atoms with Gasteiger partial charge in [0.15, 0.2) is 0 Å². The van der Waals surface area contributed by atoms with Crippen molar-refractivity contribution < 1.29 is 0 Å². The van der Waals surface area contributed by atoms with Gasteiger partial charge in [0.2, 0.25) is 0 Å². The highest BCUT2D eigenvalue weighted by atomic mass is 14.9. The van der Waals surface area contributed by atoms with Crippen LogP contribution in [0, 0.1) is 0 Å². The van der Waals surface area contributed by atoms with Gasteiger partial charge in [0.25, 0.3) is 0 Å². The molecule has 0 aliphatic heterocycles. The normalized spacial score (nSPS) is 11.4. The van der Waals surface area contributed by atoms with Gasteiger partial charge in [-0.3, -0.25) is 0 Å². The van der Waals surface area contributed by atoms with Crippen molar-refractivity contribution in [3.05, 3.63) is 54.2 Å². The highest BCUT2D eigenvalue weighted by Crippen LogP contribution is 2.21. The first-order valence-electron chi connectivity index (χ1n) is 6.88. The van der Waals surface area contributed by atoms with Crippen LogP contribution < -0.4 is 0 Å². The van der Waals surface area contributed by atoms with Crippen LogP contribution in [0.15, 0.2) is 48.5 Å². The third-order valence-corrected chi connectivity index (χ3v) is 3.64. The molecule has 0 unspecified atom stereocenters. The Morgan fingerprint density at radius 3 is 2.61 bits per heavy atom. The van der Waals surface area contributed by atoms with Gasteiger partial charge in [0.1, 0.15) is 0 Å². The van der Waals surface area contributed by atoms with E-state index in [9.17, 15) is 0 Å². The van der Waals surface area contributed by atoms with Gasteiger partial charge in [-0.05, 0) is 42.5 Å². The Kier molecular flexibility index (Phi) is 3.06. The molecule has 18 heavy (non-hydrogen) atoms. The van der Waals surface area contributed by atoms with Crippen molar-refractivity contribution in [2.24, 2.45) is 0 Å². The molecular weight excluding hydrogens is 218 g/mol. The first kappa shape index (κ1) is 11.3. The van der Waals surface area contributed by atoms with E-state index in [4.69, 9.17) is 0 Å². The lowest BCUT2D eigenvalue weighted by molar-refractivity contribution is 0.706. The van der Waals surface area contributed by atoms with Gasteiger partial charge < -0.3 is 4.40 Å². The molecule has 1 nitrogen and oxygen atoms in total. The third kappa shape index (κ3) is 1.90. The van der Waals surface area contributed by atoms with Gasteiger partial charge in [0, 0.05) is 11.2 Å². The van der Waals surface area contributed by atoms with E-state index in [2.05, 4.69) is 59.9 Å². The fraction of sp³-hybridized carbons (Fsp3) is 0.294. The molecule has 0 N–H and O–H groups in total. The number of rotatable bonds is 4. The smallest absolute Gasteiger partial charge is 0.0530 e. The Hall–Kier alpha value is -1.76. The van der Waals surface area contributed by atoms with Crippen molar-refractivity contribution >= 4 is 16.4 Å². The van der Waals surface area contributed by atoms with Crippen LogP contribution >= 0.6 is 0 Å². The molecule has 0 fully saturated rings. The Morgan fingerprint density at radius 1 is 0.889 bits per heavy atom. The largest absolute Gasteiger partial charge is 0.314 e. The summed E-state index contributed by atoms with van der Waals surface area (Å²) < 4.78 is 2.41. The molecule has 0 aliphatic rings. The lowest BCUT2D eigenvalue weighted by Gasteiger charge is -2.07. The van der Waals surface area contributed by atoms with Gasteiger partial charge in [0.05, 0.1) is 5.52 Å². The van der Waals surface area contributed by atoms with Gasteiger partial charge in [-0.2, -0.15) is 0 Å². The fourth-order valence-electron chi connectivity index (χ4n) is 2.68. The molecular formula is C17H19N. The summed E-state index contributed by atoms with van der Waals surface area (Å²) in [5.74, 6) is 0. The van der Waals surface area contributed by atoms with Crippen molar-refractivity contribution in [3.63, 3.8) is 0 Å². The standard InChI is InChI=1S/C17H19N/c1-2-3-4-8-15-12-13-16-11-10-14-7-5-6-9-17(14)18(15)16/h5-7,9-13H,2-4,8H2,1H3. The predicted molar refractivity (Wildman–Crippen MR) is 78.1 cm³/mol. The number of hydrogen-bond acceptors (Lipinski definition) is 0. The summed E-state index contributed by atoms with van der Waals surface area (Å²) in [5.41, 5.74) is 4.07. The lowest BCUT2D eigenvalue weighted by Crippen LogP contribution is -1.95. The highest BCUT2D eigenvalue weighted by Gasteiger charge is 2.04. The van der Waals surface area contributed by atoms with E-state index in [1.807, 2.05) is 0 Å². The number of aromatic nitrogens is 1. The van der Waals surface area contributed by atoms with E-state index in [0.29, 0.717) is 0 Å². The Bertz CT molecular complexity index is 663. The topological polar surface area (TPSA) is 4.41 Å². The van der Waals surface area contributed by atoms with E-state index >= 15 is 0 Å². The van der Waals surface area contributed by atoms with Gasteiger partial charge in [-0.1, -0.05) is 44.0 Å². The number of hydrogen-bond donors (Lipinski definition) is 0. The van der Waals surface area contributed by atoms with Crippen molar-refractivity contribution in [1.29, 1.82) is 0 Å². The minimum absolute atomic E-state index is 1.18. The average molecular weight is 237 g/mol. The maximum atomic E-state index is 2.41. The zero-order chi connectivity index (χ0) is 12.4. The molecule has 0 amide bonds. The summed E-state index contributed by atoms with van der Waals surface area (Å²) in [4.78, 5) is 0. The van der Waals surface area contributed by atoms with Crippen LogP contribution in [0.2, 0.25) is 0 Å². The molecule has 1 aromatic carbocycles. The van der Waals surface area contributed by atoms with Crippen LogP contribution in [0.25, 0.3) is 16.4 Å². The lowest BCUT2D eigenvalue weighted by atomic mass is 10.1. The second-order valence-electron chi connectivity index (χ2n) is 4.93. The van der Waals surface area contributed by atoms with E-state index in [-0.39, 0.29) is 0 Å². The predicted octanol–water partition coefficient (Wildman–Crippen LogP) is 4.83. The van der Waals surface area contributed by atoms with Gasteiger partial charge >= 0.3 is 0 Å². The van der Waals surface area contributed by atoms with Crippen LogP contribution in [0.3, 0.4) is 0 Å². The number of aryl methyl sites for hydroxylation is 1. The third-order valence-electron chi connectivity index (χ3n) is 3.64. The van der Waals surface area contributed by atoms with Crippen molar-refractivity contribution in [2.75, 3.05) is 0 Å². The van der Waals surface area contributed by atoms with E-state index in [1.165, 1.54) is 47.8 Å². The zero-order valence-corrected chi connectivity index (χ0v) is 10.9. The van der Waals surface area contributed by atoms with Crippen LogP contribution in [0.4, 0.5) is 0 Å². The Labute approximate surface area is 108 Å². The molecule has 0 aliphatic carbocycles. The average Bonchev–Trinajstić information content (AvgIpc) is 2.83. The maximum absolute atomic E-state index is 2.41. The fourth-order valence-corrected chi connectivity index (χ4v) is 2.68. The minimum Gasteiger partial charge on any atom is -0.314 e. The SMILES string of the molecule is CCCCCc1ccc2ccc3ccccc3n12. The minimum atomic E-state index is 1.18. The molecule has 0 radical (unpaired) electrons. The number of fused-ring (bicyclic) bond motifs is 3. The number of benzene rings is 1. The van der Waals surface area contributed by atoms with E-state index in [1.54, 1.807) is 0 Å². The monoisotopic (exact) mass is 237 g/mol. The van der Waals surface area contributed by atoms with Gasteiger partial charge in [-0.15, -0.1) is 0 Å². The highest BCUT2D eigenvalue weighted by molar-refractivity contribution is 5.83. The molecule has 0 spiro atoms. The molecule has 92 valence electrons. The molecule has 1 heteroatoms. The second kappa shape index (κ2) is 4.85. The molecule has 0 atom stereocenters. The molecule has 2 aromatic heterocycles. The molecule has 2 heterocycles. The molecule has 3 rings (SSSR count). The summed E-state index contributed by atoms with van der Waals surface area (Å²) in [5, 5.41) is 1.32. The first-order valence-corrected chi connectivity index (χ1v) is 6.88. The Morgan fingerprint density at radius 2 is 1.72 bits per heavy atom. The summed E-state index contributed by atoms with van der Waals surface area (Å²) in [6.45, 7) is 2.26. The van der Waals surface area contributed by atoms with Crippen LogP contribution in [-0.2, 0) is 6.42 Å². The number of pyridine rings is 1. The van der Waals surface area contributed by atoms with Crippen molar-refractivity contribution in [2.45, 2.75) is 32.6 Å². The second-order valence-corrected chi connectivity index (χ2v) is 4.93. The number of nitrogens with zero attached hydrogens (tertiary/aromatic N) is 1. The van der Waals surface area contributed by atoms with E-state index in [0.717, 1.165) is 0 Å². The van der Waals surface area contributed by atoms with Crippen LogP contribution in [-0.4, -0.2) is 4.40 Å². The molecule has 0 saturated carbocycles. The first-order chi connectivity index (χ1) is 8.90. The van der Waals surface area contributed by atoms with Crippen LogP contribution in [0.5, 0.6) is 0 Å². The molecule has 0 saturated heterocycles. The maximum Gasteiger partial charge on any atom is 0.0530 e. The zero-order valence-electron chi connectivity index (χ0n) is 10.9.